The molecule has 0 radical (unpaired) electrons. The lowest BCUT2D eigenvalue weighted by molar-refractivity contribution is -0.132. The van der Waals surface area contributed by atoms with Crippen LogP contribution in [0, 0.1) is 12.8 Å². The maximum Gasteiger partial charge on any atom is 0.350 e. The van der Waals surface area contributed by atoms with Crippen LogP contribution in [0.15, 0.2) is 60.7 Å². The number of thiazole rings is 1. The van der Waals surface area contributed by atoms with E-state index < -0.39 is 23.7 Å². The lowest BCUT2D eigenvalue weighted by Gasteiger charge is -2.23. The van der Waals surface area contributed by atoms with E-state index in [1.807, 2.05) is 13.8 Å². The highest BCUT2D eigenvalue weighted by Crippen LogP contribution is 2.45. The standard InChI is InChI=1S/C29H26Cl2N2O6S/c1-5-12-38-28(37)26-16(4)32-29(40-26)33-23(18-8-11-20(30)21(31)13-18)22(25(35)27(33)36)24(34)17-6-9-19(10-7-17)39-14-15(2)3/h5-11,13,15,23,34H,1,12,14H2,2-4H3/b24-22+. The van der Waals surface area contributed by atoms with E-state index in [1.54, 1.807) is 37.3 Å². The minimum atomic E-state index is -1.10. The average molecular weight is 602 g/mol. The van der Waals surface area contributed by atoms with E-state index in [4.69, 9.17) is 32.7 Å². The van der Waals surface area contributed by atoms with Gasteiger partial charge in [-0.2, -0.15) is 0 Å². The Hall–Kier alpha value is -3.66. The number of aromatic nitrogens is 1. The third-order valence-corrected chi connectivity index (χ3v) is 7.80. The van der Waals surface area contributed by atoms with E-state index >= 15 is 0 Å². The molecule has 1 N–H and O–H groups in total. The highest BCUT2D eigenvalue weighted by molar-refractivity contribution is 7.17. The molecule has 0 bridgehead atoms. The summed E-state index contributed by atoms with van der Waals surface area (Å²) < 4.78 is 10.8. The van der Waals surface area contributed by atoms with Gasteiger partial charge in [0.15, 0.2) is 5.13 Å². The molecule has 1 aliphatic heterocycles. The summed E-state index contributed by atoms with van der Waals surface area (Å²) in [6, 6.07) is 10.1. The van der Waals surface area contributed by atoms with Crippen molar-refractivity contribution in [3.05, 3.63) is 92.4 Å². The van der Waals surface area contributed by atoms with Crippen molar-refractivity contribution in [2.24, 2.45) is 5.92 Å². The second-order valence-corrected chi connectivity index (χ2v) is 11.2. The first kappa shape index (κ1) is 29.3. The smallest absolute Gasteiger partial charge is 0.350 e. The number of aliphatic hydroxyl groups excluding tert-OH is 1. The van der Waals surface area contributed by atoms with Crippen LogP contribution in [0.3, 0.4) is 0 Å². The molecule has 0 saturated carbocycles. The molecule has 0 spiro atoms. The Labute approximate surface area is 245 Å². The van der Waals surface area contributed by atoms with Crippen LogP contribution in [0.4, 0.5) is 5.13 Å². The summed E-state index contributed by atoms with van der Waals surface area (Å²) in [7, 11) is 0. The van der Waals surface area contributed by atoms with Crippen molar-refractivity contribution < 1.29 is 29.0 Å². The van der Waals surface area contributed by atoms with Gasteiger partial charge in [-0.15, -0.1) is 0 Å². The summed E-state index contributed by atoms with van der Waals surface area (Å²) in [5.41, 5.74) is 0.878. The minimum Gasteiger partial charge on any atom is -0.507 e. The average Bonchev–Trinajstić information content (AvgIpc) is 3.44. The molecule has 1 fully saturated rings. The van der Waals surface area contributed by atoms with Gasteiger partial charge in [0.1, 0.15) is 23.0 Å². The summed E-state index contributed by atoms with van der Waals surface area (Å²) in [4.78, 5) is 45.1. The van der Waals surface area contributed by atoms with E-state index in [0.29, 0.717) is 35.1 Å². The van der Waals surface area contributed by atoms with E-state index in [2.05, 4.69) is 11.6 Å². The number of halogens is 2. The number of esters is 1. The largest absolute Gasteiger partial charge is 0.507 e. The van der Waals surface area contributed by atoms with E-state index in [-0.39, 0.29) is 38.0 Å². The van der Waals surface area contributed by atoms with Gasteiger partial charge in [0.05, 0.1) is 34.0 Å². The molecule has 1 aliphatic rings. The number of nitrogens with zero attached hydrogens (tertiary/aromatic N) is 2. The Morgan fingerprint density at radius 1 is 1.18 bits per heavy atom. The molecule has 1 atom stereocenters. The Kier molecular flexibility index (Phi) is 8.98. The molecule has 2 heterocycles. The molecule has 4 rings (SSSR count). The SMILES string of the molecule is C=CCOC(=O)c1sc(N2C(=O)C(=O)/C(=C(/O)c3ccc(OCC(C)C)cc3)C2c2ccc(Cl)c(Cl)c2)nc1C. The second-order valence-electron chi connectivity index (χ2n) is 9.37. The Morgan fingerprint density at radius 3 is 2.50 bits per heavy atom. The molecule has 11 heteroatoms. The van der Waals surface area contributed by atoms with Crippen LogP contribution in [0.25, 0.3) is 5.76 Å². The Morgan fingerprint density at radius 2 is 1.88 bits per heavy atom. The first-order valence-electron chi connectivity index (χ1n) is 12.3. The van der Waals surface area contributed by atoms with Crippen LogP contribution >= 0.6 is 34.5 Å². The number of carbonyl (C=O) groups is 3. The van der Waals surface area contributed by atoms with Crippen molar-refractivity contribution >= 4 is 63.1 Å². The Balaban J connectivity index is 1.83. The fraction of sp³-hybridized carbons (Fsp3) is 0.241. The van der Waals surface area contributed by atoms with Crippen LogP contribution in [0.1, 0.15) is 46.4 Å². The summed E-state index contributed by atoms with van der Waals surface area (Å²) in [6.07, 6.45) is 1.43. The second kappa shape index (κ2) is 12.2. The van der Waals surface area contributed by atoms with Crippen molar-refractivity contribution in [1.82, 2.24) is 4.98 Å². The minimum absolute atomic E-state index is 0.000590. The van der Waals surface area contributed by atoms with Gasteiger partial charge in [-0.25, -0.2) is 9.78 Å². The van der Waals surface area contributed by atoms with Crippen LogP contribution in [-0.2, 0) is 14.3 Å². The molecule has 1 amide bonds. The first-order valence-corrected chi connectivity index (χ1v) is 13.8. The summed E-state index contributed by atoms with van der Waals surface area (Å²) in [5, 5.41) is 11.9. The van der Waals surface area contributed by atoms with Gasteiger partial charge in [-0.05, 0) is 54.8 Å². The molecular formula is C29H26Cl2N2O6S. The molecule has 8 nitrogen and oxygen atoms in total. The predicted octanol–water partition coefficient (Wildman–Crippen LogP) is 6.76. The molecule has 208 valence electrons. The fourth-order valence-corrected chi connectivity index (χ4v) is 5.32. The predicted molar refractivity (Wildman–Crippen MR) is 155 cm³/mol. The zero-order valence-corrected chi connectivity index (χ0v) is 24.3. The third kappa shape index (κ3) is 5.91. The first-order chi connectivity index (χ1) is 19.0. The number of amides is 1. The summed E-state index contributed by atoms with van der Waals surface area (Å²) in [6.45, 7) is 9.70. The van der Waals surface area contributed by atoms with Crippen LogP contribution in [0.5, 0.6) is 5.75 Å². The number of ketones is 1. The topological polar surface area (TPSA) is 106 Å². The van der Waals surface area contributed by atoms with Gasteiger partial charge < -0.3 is 14.6 Å². The normalized spacial score (nSPS) is 16.4. The van der Waals surface area contributed by atoms with E-state index in [9.17, 15) is 19.5 Å². The zero-order valence-electron chi connectivity index (χ0n) is 21.9. The molecule has 1 saturated heterocycles. The number of rotatable bonds is 9. The number of benzene rings is 2. The van der Waals surface area contributed by atoms with Crippen LogP contribution < -0.4 is 9.64 Å². The molecule has 3 aromatic rings. The maximum absolute atomic E-state index is 13.4. The monoisotopic (exact) mass is 600 g/mol. The third-order valence-electron chi connectivity index (χ3n) is 5.92. The number of hydrogen-bond acceptors (Lipinski definition) is 8. The van der Waals surface area contributed by atoms with Gasteiger partial charge in [-0.3, -0.25) is 14.5 Å². The van der Waals surface area contributed by atoms with Gasteiger partial charge >= 0.3 is 11.9 Å². The van der Waals surface area contributed by atoms with Crippen molar-refractivity contribution in [2.75, 3.05) is 18.1 Å². The molecule has 1 aromatic heterocycles. The van der Waals surface area contributed by atoms with Crippen molar-refractivity contribution in [1.29, 1.82) is 0 Å². The fourth-order valence-electron chi connectivity index (χ4n) is 4.03. The lowest BCUT2D eigenvalue weighted by Crippen LogP contribution is -2.29. The van der Waals surface area contributed by atoms with Crippen molar-refractivity contribution in [2.45, 2.75) is 26.8 Å². The van der Waals surface area contributed by atoms with E-state index in [1.165, 1.54) is 18.2 Å². The summed E-state index contributed by atoms with van der Waals surface area (Å²) >= 11 is 13.3. The Bertz CT molecular complexity index is 1510. The number of hydrogen-bond donors (Lipinski definition) is 1. The number of aliphatic hydroxyl groups is 1. The molecule has 2 aromatic carbocycles. The highest BCUT2D eigenvalue weighted by atomic mass is 35.5. The summed E-state index contributed by atoms with van der Waals surface area (Å²) in [5.74, 6) is -1.93. The number of carbonyl (C=O) groups excluding carboxylic acids is 3. The molecule has 0 aliphatic carbocycles. The number of aryl methyl sites for hydroxylation is 1. The van der Waals surface area contributed by atoms with Crippen molar-refractivity contribution in [3.8, 4) is 5.75 Å². The maximum atomic E-state index is 13.4. The highest BCUT2D eigenvalue weighted by Gasteiger charge is 2.48. The van der Waals surface area contributed by atoms with Gasteiger partial charge in [0.2, 0.25) is 0 Å². The quantitative estimate of drug-likeness (QED) is 0.0950. The van der Waals surface area contributed by atoms with Crippen molar-refractivity contribution in [3.63, 3.8) is 0 Å². The van der Waals surface area contributed by atoms with Crippen LogP contribution in [0.2, 0.25) is 10.0 Å². The molecule has 40 heavy (non-hydrogen) atoms. The molecular weight excluding hydrogens is 575 g/mol. The van der Waals surface area contributed by atoms with Crippen LogP contribution in [-0.4, -0.2) is 41.0 Å². The number of Topliss-reactive ketones (excluding diaryl/α,β-unsaturated/α-hetero) is 1. The number of anilines is 1. The van der Waals surface area contributed by atoms with E-state index in [0.717, 1.165) is 16.2 Å². The van der Waals surface area contributed by atoms with Gasteiger partial charge in [0, 0.05) is 5.56 Å². The zero-order chi connectivity index (χ0) is 29.1. The van der Waals surface area contributed by atoms with Gasteiger partial charge in [0.25, 0.3) is 5.78 Å². The molecule has 1 unspecified atom stereocenters. The van der Waals surface area contributed by atoms with Gasteiger partial charge in [-0.1, -0.05) is 67.1 Å². The number of ether oxygens (including phenoxy) is 2. The lowest BCUT2D eigenvalue weighted by atomic mass is 9.95.